The average Bonchev–Trinajstić information content (AvgIpc) is 3.26. The van der Waals surface area contributed by atoms with E-state index in [1.807, 2.05) is 0 Å². The summed E-state index contributed by atoms with van der Waals surface area (Å²) >= 11 is 0. The molecule has 2 N–H and O–H groups in total. The highest BCUT2D eigenvalue weighted by atomic mass is 19.1. The number of hydrogen-bond donors (Lipinski definition) is 2. The van der Waals surface area contributed by atoms with Crippen molar-refractivity contribution in [1.29, 1.82) is 0 Å². The minimum absolute atomic E-state index is 0.000336. The van der Waals surface area contributed by atoms with Gasteiger partial charge >= 0.3 is 0 Å². The lowest BCUT2D eigenvalue weighted by Gasteiger charge is -2.17. The third-order valence-corrected chi connectivity index (χ3v) is 4.38. The molecule has 6 nitrogen and oxygen atoms in total. The van der Waals surface area contributed by atoms with Gasteiger partial charge in [0.1, 0.15) is 11.5 Å². The van der Waals surface area contributed by atoms with Gasteiger partial charge in [-0.3, -0.25) is 9.59 Å². The van der Waals surface area contributed by atoms with Gasteiger partial charge in [-0.2, -0.15) is 0 Å². The third kappa shape index (κ3) is 5.14. The molecule has 154 valence electrons. The molecule has 2 aromatic carbocycles. The van der Waals surface area contributed by atoms with Crippen molar-refractivity contribution in [2.75, 3.05) is 7.11 Å². The number of hydrogen-bond acceptors (Lipinski definition) is 4. The van der Waals surface area contributed by atoms with Crippen LogP contribution in [0, 0.1) is 5.82 Å². The summed E-state index contributed by atoms with van der Waals surface area (Å²) in [5.74, 6) is -0.992. The van der Waals surface area contributed by atoms with Crippen LogP contribution in [0.15, 0.2) is 77.0 Å². The highest BCUT2D eigenvalue weighted by molar-refractivity contribution is 6.05. The molecule has 2 amide bonds. The zero-order chi connectivity index (χ0) is 21.5. The average molecular weight is 408 g/mol. The summed E-state index contributed by atoms with van der Waals surface area (Å²) in [6.07, 6.45) is 2.89. The molecule has 0 radical (unpaired) electrons. The highest BCUT2D eigenvalue weighted by Gasteiger charge is 2.18. The molecule has 3 rings (SSSR count). The predicted octanol–water partition coefficient (Wildman–Crippen LogP) is 4.08. The van der Waals surface area contributed by atoms with Gasteiger partial charge in [-0.15, -0.1) is 0 Å². The van der Waals surface area contributed by atoms with E-state index in [1.54, 1.807) is 55.5 Å². The van der Waals surface area contributed by atoms with Crippen molar-refractivity contribution in [2.45, 2.75) is 13.0 Å². The maximum atomic E-state index is 14.0. The van der Waals surface area contributed by atoms with E-state index in [4.69, 9.17) is 9.15 Å². The molecule has 0 aliphatic rings. The summed E-state index contributed by atoms with van der Waals surface area (Å²) in [5.41, 5.74) is 0.953. The van der Waals surface area contributed by atoms with Crippen LogP contribution in [-0.4, -0.2) is 18.9 Å². The minimum atomic E-state index is -0.542. The van der Waals surface area contributed by atoms with Gasteiger partial charge < -0.3 is 19.8 Å². The number of benzene rings is 2. The van der Waals surface area contributed by atoms with Gasteiger partial charge in [0.2, 0.25) is 0 Å². The van der Waals surface area contributed by atoms with Crippen LogP contribution >= 0.6 is 0 Å². The zero-order valence-electron chi connectivity index (χ0n) is 16.5. The number of methoxy groups -OCH3 is 1. The second kappa shape index (κ2) is 9.56. The first-order valence-corrected chi connectivity index (χ1v) is 9.24. The number of ether oxygens (including phenoxy) is 1. The number of rotatable bonds is 7. The monoisotopic (exact) mass is 408 g/mol. The Hall–Kier alpha value is -3.87. The Morgan fingerprint density at radius 1 is 1.10 bits per heavy atom. The van der Waals surface area contributed by atoms with Crippen molar-refractivity contribution < 1.29 is 23.1 Å². The van der Waals surface area contributed by atoms with E-state index in [1.165, 1.54) is 31.6 Å². The molecule has 0 fully saturated rings. The lowest BCUT2D eigenvalue weighted by Crippen LogP contribution is -2.36. The lowest BCUT2D eigenvalue weighted by molar-refractivity contribution is -0.118. The molecule has 0 aliphatic carbocycles. The maximum Gasteiger partial charge on any atom is 0.268 e. The molecule has 0 saturated carbocycles. The van der Waals surface area contributed by atoms with Crippen LogP contribution in [0.2, 0.25) is 0 Å². The van der Waals surface area contributed by atoms with Crippen molar-refractivity contribution in [3.8, 4) is 5.75 Å². The molecule has 0 saturated heterocycles. The van der Waals surface area contributed by atoms with Crippen LogP contribution in [0.4, 0.5) is 4.39 Å². The molecule has 7 heteroatoms. The smallest absolute Gasteiger partial charge is 0.268 e. The van der Waals surface area contributed by atoms with Gasteiger partial charge in [-0.25, -0.2) is 4.39 Å². The van der Waals surface area contributed by atoms with Gasteiger partial charge in [-0.05, 0) is 48.9 Å². The quantitative estimate of drug-likeness (QED) is 0.578. The van der Waals surface area contributed by atoms with Crippen molar-refractivity contribution in [3.63, 3.8) is 0 Å². The fraction of sp³-hybridized carbons (Fsp3) is 0.130. The van der Waals surface area contributed by atoms with Crippen molar-refractivity contribution in [1.82, 2.24) is 10.6 Å². The number of amides is 2. The second-order valence-corrected chi connectivity index (χ2v) is 6.48. The fourth-order valence-electron chi connectivity index (χ4n) is 2.77. The van der Waals surface area contributed by atoms with Gasteiger partial charge in [0, 0.05) is 11.6 Å². The minimum Gasteiger partial charge on any atom is -0.494 e. The number of nitrogens with one attached hydrogen (secondary N) is 2. The molecule has 0 spiro atoms. The Kier molecular flexibility index (Phi) is 6.64. The van der Waals surface area contributed by atoms with Crippen LogP contribution in [0.5, 0.6) is 5.75 Å². The van der Waals surface area contributed by atoms with Crippen molar-refractivity contribution in [2.24, 2.45) is 0 Å². The summed E-state index contributed by atoms with van der Waals surface area (Å²) in [5, 5.41) is 5.37. The van der Waals surface area contributed by atoms with Crippen LogP contribution in [0.25, 0.3) is 6.08 Å². The Labute approximate surface area is 173 Å². The van der Waals surface area contributed by atoms with Crippen LogP contribution in [-0.2, 0) is 4.79 Å². The molecule has 1 aromatic heterocycles. The molecular weight excluding hydrogens is 387 g/mol. The standard InChI is InChI=1S/C23H21FN2O4/c1-15(17-10-11-21(29-2)19(24)13-17)25-23(28)20(14-18-9-6-12-30-18)26-22(27)16-7-4-3-5-8-16/h3-15H,1-2H3,(H,25,28)(H,26,27)/b20-14-. The molecule has 3 aromatic rings. The highest BCUT2D eigenvalue weighted by Crippen LogP contribution is 2.22. The summed E-state index contributed by atoms with van der Waals surface area (Å²) in [7, 11) is 1.38. The van der Waals surface area contributed by atoms with E-state index in [2.05, 4.69) is 10.6 Å². The molecule has 0 aliphatic heterocycles. The molecule has 0 bridgehead atoms. The van der Waals surface area contributed by atoms with Gasteiger partial charge in [0.25, 0.3) is 11.8 Å². The maximum absolute atomic E-state index is 14.0. The lowest BCUT2D eigenvalue weighted by atomic mass is 10.1. The molecule has 1 heterocycles. The van der Waals surface area contributed by atoms with Crippen molar-refractivity contribution >= 4 is 17.9 Å². The topological polar surface area (TPSA) is 80.6 Å². The van der Waals surface area contributed by atoms with Crippen molar-refractivity contribution in [3.05, 3.63) is 95.3 Å². The normalized spacial score (nSPS) is 12.2. The number of halogens is 1. The van der Waals surface area contributed by atoms with E-state index in [9.17, 15) is 14.0 Å². The van der Waals surface area contributed by atoms with Crippen LogP contribution in [0.1, 0.15) is 34.6 Å². The number of carbonyl (C=O) groups is 2. The van der Waals surface area contributed by atoms with E-state index >= 15 is 0 Å². The Balaban J connectivity index is 1.80. The molecule has 1 atom stereocenters. The first-order valence-electron chi connectivity index (χ1n) is 9.24. The third-order valence-electron chi connectivity index (χ3n) is 4.38. The molecular formula is C23H21FN2O4. The van der Waals surface area contributed by atoms with E-state index < -0.39 is 23.7 Å². The molecule has 1 unspecified atom stereocenters. The number of furan rings is 1. The van der Waals surface area contributed by atoms with Gasteiger partial charge in [0.15, 0.2) is 11.6 Å². The summed E-state index contributed by atoms with van der Waals surface area (Å²) < 4.78 is 24.2. The second-order valence-electron chi connectivity index (χ2n) is 6.48. The SMILES string of the molecule is COc1ccc(C(C)NC(=O)/C(=C/c2ccco2)NC(=O)c2ccccc2)cc1F. The van der Waals surface area contributed by atoms with Gasteiger partial charge in [-0.1, -0.05) is 24.3 Å². The Morgan fingerprint density at radius 3 is 2.50 bits per heavy atom. The first kappa shape index (κ1) is 20.9. The summed E-state index contributed by atoms with van der Waals surface area (Å²) in [4.78, 5) is 25.4. The Bertz CT molecular complexity index is 1050. The van der Waals surface area contributed by atoms with E-state index in [0.29, 0.717) is 16.9 Å². The van der Waals surface area contributed by atoms with Crippen LogP contribution < -0.4 is 15.4 Å². The van der Waals surface area contributed by atoms with Gasteiger partial charge in [0.05, 0.1) is 19.4 Å². The molecule has 30 heavy (non-hydrogen) atoms. The summed E-state index contributed by atoms with van der Waals surface area (Å²) in [6.45, 7) is 1.71. The zero-order valence-corrected chi connectivity index (χ0v) is 16.5. The van der Waals surface area contributed by atoms with Crippen LogP contribution in [0.3, 0.4) is 0 Å². The fourth-order valence-corrected chi connectivity index (χ4v) is 2.77. The number of carbonyl (C=O) groups excluding carboxylic acids is 2. The van der Waals surface area contributed by atoms with E-state index in [-0.39, 0.29) is 11.4 Å². The summed E-state index contributed by atoms with van der Waals surface area (Å²) in [6, 6.07) is 15.8. The predicted molar refractivity (Wildman–Crippen MR) is 110 cm³/mol. The van der Waals surface area contributed by atoms with E-state index in [0.717, 1.165) is 0 Å². The largest absolute Gasteiger partial charge is 0.494 e. The Morgan fingerprint density at radius 2 is 1.87 bits per heavy atom. The first-order chi connectivity index (χ1) is 14.5.